The van der Waals surface area contributed by atoms with Crippen molar-refractivity contribution in [3.05, 3.63) is 65.2 Å². The lowest BCUT2D eigenvalue weighted by Gasteiger charge is -2.28. The third-order valence-electron chi connectivity index (χ3n) is 6.09. The molecule has 0 bridgehead atoms. The van der Waals surface area contributed by atoms with E-state index < -0.39 is 11.6 Å². The molecule has 3 N–H and O–H groups in total. The lowest BCUT2D eigenvalue weighted by molar-refractivity contribution is 0.0322. The van der Waals surface area contributed by atoms with Crippen LogP contribution in [0, 0.1) is 18.8 Å². The first-order chi connectivity index (χ1) is 13.4. The number of aryl methyl sites for hydroxylation is 1. The van der Waals surface area contributed by atoms with Crippen molar-refractivity contribution >= 4 is 17.7 Å². The first-order valence-corrected chi connectivity index (χ1v) is 9.53. The maximum Gasteiger partial charge on any atom is 0.335 e. The summed E-state index contributed by atoms with van der Waals surface area (Å²) in [5.74, 6) is -0.430. The second-order valence-corrected chi connectivity index (χ2v) is 7.99. The number of hydrogen-bond acceptors (Lipinski definition) is 3. The van der Waals surface area contributed by atoms with Crippen molar-refractivity contribution < 1.29 is 19.8 Å². The molecule has 2 aromatic carbocycles. The number of anilines is 1. The third-order valence-corrected chi connectivity index (χ3v) is 6.09. The summed E-state index contributed by atoms with van der Waals surface area (Å²) in [5.41, 5.74) is 2.05. The molecule has 1 aliphatic carbocycles. The number of urea groups is 1. The van der Waals surface area contributed by atoms with Crippen LogP contribution in [-0.4, -0.2) is 40.2 Å². The number of aromatic carboxylic acids is 1. The van der Waals surface area contributed by atoms with Crippen LogP contribution in [0.25, 0.3) is 0 Å². The number of amides is 2. The van der Waals surface area contributed by atoms with E-state index in [1.165, 1.54) is 12.1 Å². The normalized spacial score (nSPS) is 26.1. The molecule has 6 nitrogen and oxygen atoms in total. The molecule has 1 saturated carbocycles. The van der Waals surface area contributed by atoms with E-state index in [4.69, 9.17) is 5.11 Å². The standard InChI is InChI=1S/C22H24N2O4/c1-14-4-2-3-5-19(14)22(28)10-16-12-24(13-17(16)11-22)21(27)23-18-8-6-15(7-9-18)20(25)26/h2-9,16-17,28H,10-13H2,1H3,(H,23,27)(H,25,26). The number of hydrogen-bond donors (Lipinski definition) is 3. The fourth-order valence-corrected chi connectivity index (χ4v) is 4.73. The fourth-order valence-electron chi connectivity index (χ4n) is 4.73. The highest BCUT2D eigenvalue weighted by Crippen LogP contribution is 2.49. The zero-order chi connectivity index (χ0) is 19.9. The smallest absolute Gasteiger partial charge is 0.335 e. The molecular weight excluding hydrogens is 356 g/mol. The van der Waals surface area contributed by atoms with Gasteiger partial charge in [0.1, 0.15) is 0 Å². The van der Waals surface area contributed by atoms with Crippen LogP contribution >= 0.6 is 0 Å². The molecule has 6 heteroatoms. The highest BCUT2D eigenvalue weighted by Gasteiger charge is 2.50. The summed E-state index contributed by atoms with van der Waals surface area (Å²) in [4.78, 5) is 25.3. The Balaban J connectivity index is 1.39. The van der Waals surface area contributed by atoms with Crippen LogP contribution in [0.4, 0.5) is 10.5 Å². The van der Waals surface area contributed by atoms with E-state index in [1.807, 2.05) is 31.2 Å². The maximum absolute atomic E-state index is 12.6. The number of nitrogens with zero attached hydrogens (tertiary/aromatic N) is 1. The number of benzene rings is 2. The Bertz CT molecular complexity index is 895. The second-order valence-electron chi connectivity index (χ2n) is 7.99. The number of carboxylic acid groups (broad SMARTS) is 1. The number of fused-ring (bicyclic) bond motifs is 1. The van der Waals surface area contributed by atoms with Gasteiger partial charge < -0.3 is 20.4 Å². The molecule has 2 fully saturated rings. The molecule has 1 aliphatic heterocycles. The SMILES string of the molecule is Cc1ccccc1C1(O)CC2CN(C(=O)Nc3ccc(C(=O)O)cc3)CC2C1. The Morgan fingerprint density at radius 2 is 1.64 bits per heavy atom. The van der Waals surface area contributed by atoms with Crippen LogP contribution < -0.4 is 5.32 Å². The number of aliphatic hydroxyl groups is 1. The Morgan fingerprint density at radius 1 is 1.04 bits per heavy atom. The van der Waals surface area contributed by atoms with Crippen LogP contribution in [0.15, 0.2) is 48.5 Å². The van der Waals surface area contributed by atoms with Gasteiger partial charge in [-0.05, 0) is 67.0 Å². The lowest BCUT2D eigenvalue weighted by Crippen LogP contribution is -2.35. The lowest BCUT2D eigenvalue weighted by atomic mass is 9.87. The number of rotatable bonds is 3. The first kappa shape index (κ1) is 18.5. The summed E-state index contributed by atoms with van der Waals surface area (Å²) in [6.07, 6.45) is 1.33. The molecule has 2 unspecified atom stereocenters. The molecule has 0 radical (unpaired) electrons. The van der Waals surface area contributed by atoms with Gasteiger partial charge in [-0.3, -0.25) is 0 Å². The highest BCUT2D eigenvalue weighted by molar-refractivity contribution is 5.91. The van der Waals surface area contributed by atoms with Crippen LogP contribution in [0.1, 0.15) is 34.3 Å². The number of carboxylic acids is 1. The topological polar surface area (TPSA) is 89.9 Å². The molecule has 0 spiro atoms. The summed E-state index contributed by atoms with van der Waals surface area (Å²) in [6.45, 7) is 3.27. The van der Waals surface area contributed by atoms with E-state index in [1.54, 1.807) is 17.0 Å². The maximum atomic E-state index is 12.6. The molecule has 2 aromatic rings. The zero-order valence-electron chi connectivity index (χ0n) is 15.8. The van der Waals surface area contributed by atoms with Gasteiger partial charge >= 0.3 is 12.0 Å². The monoisotopic (exact) mass is 380 g/mol. The van der Waals surface area contributed by atoms with E-state index in [2.05, 4.69) is 5.32 Å². The number of likely N-dealkylation sites (tertiary alicyclic amines) is 1. The molecule has 1 heterocycles. The van der Waals surface area contributed by atoms with Crippen molar-refractivity contribution in [2.45, 2.75) is 25.4 Å². The minimum Gasteiger partial charge on any atom is -0.478 e. The fraction of sp³-hybridized carbons (Fsp3) is 0.364. The van der Waals surface area contributed by atoms with Gasteiger partial charge in [-0.25, -0.2) is 9.59 Å². The van der Waals surface area contributed by atoms with Gasteiger partial charge in [-0.15, -0.1) is 0 Å². The van der Waals surface area contributed by atoms with E-state index >= 15 is 0 Å². The number of carbonyl (C=O) groups excluding carboxylic acids is 1. The van der Waals surface area contributed by atoms with Gasteiger partial charge in [-0.2, -0.15) is 0 Å². The summed E-state index contributed by atoms with van der Waals surface area (Å²) < 4.78 is 0. The molecule has 2 atom stereocenters. The molecule has 0 aromatic heterocycles. The van der Waals surface area contributed by atoms with E-state index in [0.29, 0.717) is 31.6 Å². The van der Waals surface area contributed by atoms with Gasteiger partial charge in [-0.1, -0.05) is 24.3 Å². The number of carbonyl (C=O) groups is 2. The van der Waals surface area contributed by atoms with Crippen molar-refractivity contribution in [2.24, 2.45) is 11.8 Å². The highest BCUT2D eigenvalue weighted by atomic mass is 16.4. The molecule has 4 rings (SSSR count). The average Bonchev–Trinajstić information content (AvgIpc) is 3.18. The van der Waals surface area contributed by atoms with Crippen molar-refractivity contribution in [3.8, 4) is 0 Å². The van der Waals surface area contributed by atoms with Crippen LogP contribution in [0.2, 0.25) is 0 Å². The van der Waals surface area contributed by atoms with E-state index in [9.17, 15) is 14.7 Å². The molecule has 2 aliphatic rings. The van der Waals surface area contributed by atoms with Crippen molar-refractivity contribution in [1.82, 2.24) is 4.90 Å². The van der Waals surface area contributed by atoms with E-state index in [0.717, 1.165) is 11.1 Å². The van der Waals surface area contributed by atoms with Crippen LogP contribution in [-0.2, 0) is 5.60 Å². The molecule has 146 valence electrons. The summed E-state index contributed by atoms with van der Waals surface area (Å²) in [7, 11) is 0. The van der Waals surface area contributed by atoms with Gasteiger partial charge in [0, 0.05) is 18.8 Å². The van der Waals surface area contributed by atoms with Gasteiger partial charge in [0.25, 0.3) is 0 Å². The zero-order valence-corrected chi connectivity index (χ0v) is 15.8. The van der Waals surface area contributed by atoms with Gasteiger partial charge in [0.05, 0.1) is 11.2 Å². The second kappa shape index (κ2) is 6.95. The Kier molecular flexibility index (Phi) is 4.59. The predicted octanol–water partition coefficient (Wildman–Crippen LogP) is 3.45. The Hall–Kier alpha value is -2.86. The van der Waals surface area contributed by atoms with Crippen molar-refractivity contribution in [2.75, 3.05) is 18.4 Å². The molecule has 2 amide bonds. The minimum atomic E-state index is -0.994. The third kappa shape index (κ3) is 3.36. The molecular formula is C22H24N2O4. The summed E-state index contributed by atoms with van der Waals surface area (Å²) >= 11 is 0. The van der Waals surface area contributed by atoms with Gasteiger partial charge in [0.15, 0.2) is 0 Å². The minimum absolute atomic E-state index is 0.183. The first-order valence-electron chi connectivity index (χ1n) is 9.53. The van der Waals surface area contributed by atoms with Crippen LogP contribution in [0.5, 0.6) is 0 Å². The summed E-state index contributed by atoms with van der Waals surface area (Å²) in [5, 5.41) is 23.0. The van der Waals surface area contributed by atoms with Crippen molar-refractivity contribution in [3.63, 3.8) is 0 Å². The average molecular weight is 380 g/mol. The number of nitrogens with one attached hydrogen (secondary N) is 1. The Labute approximate surface area is 163 Å². The molecule has 1 saturated heterocycles. The van der Waals surface area contributed by atoms with E-state index in [-0.39, 0.29) is 23.4 Å². The van der Waals surface area contributed by atoms with Crippen LogP contribution in [0.3, 0.4) is 0 Å². The quantitative estimate of drug-likeness (QED) is 0.761. The predicted molar refractivity (Wildman–Crippen MR) is 105 cm³/mol. The van der Waals surface area contributed by atoms with Gasteiger partial charge in [0.2, 0.25) is 0 Å². The van der Waals surface area contributed by atoms with Crippen molar-refractivity contribution in [1.29, 1.82) is 0 Å². The Morgan fingerprint density at radius 3 is 2.21 bits per heavy atom. The molecule has 28 heavy (non-hydrogen) atoms. The largest absolute Gasteiger partial charge is 0.478 e. The summed E-state index contributed by atoms with van der Waals surface area (Å²) in [6, 6.07) is 13.9.